The van der Waals surface area contributed by atoms with Gasteiger partial charge in [-0.25, -0.2) is 4.79 Å². The van der Waals surface area contributed by atoms with Gasteiger partial charge in [0.1, 0.15) is 0 Å². The number of esters is 2. The Labute approximate surface area is 182 Å². The van der Waals surface area contributed by atoms with E-state index in [-0.39, 0.29) is 6.42 Å². The maximum atomic E-state index is 12.9. The fraction of sp³-hybridized carbons (Fsp3) is 0.360. The van der Waals surface area contributed by atoms with Crippen LogP contribution in [0.5, 0.6) is 0 Å². The van der Waals surface area contributed by atoms with Gasteiger partial charge in [-0.15, -0.1) is 0 Å². The molecular formula is C25H29NO5. The molecule has 2 aromatic carbocycles. The third-order valence-corrected chi connectivity index (χ3v) is 5.79. The van der Waals surface area contributed by atoms with Crippen LogP contribution in [0.3, 0.4) is 0 Å². The summed E-state index contributed by atoms with van der Waals surface area (Å²) in [5.41, 5.74) is 1.41. The first kappa shape index (κ1) is 22.6. The van der Waals surface area contributed by atoms with Crippen LogP contribution < -0.4 is 5.32 Å². The van der Waals surface area contributed by atoms with E-state index >= 15 is 0 Å². The number of carbonyl (C=O) groups excluding carboxylic acids is 2. The molecule has 6 heteroatoms. The molecule has 0 aromatic heterocycles. The molecule has 1 aliphatic rings. The molecule has 0 bridgehead atoms. The topological polar surface area (TPSA) is 84.9 Å². The first-order chi connectivity index (χ1) is 14.9. The zero-order valence-corrected chi connectivity index (χ0v) is 18.1. The van der Waals surface area contributed by atoms with Gasteiger partial charge in [0.2, 0.25) is 0 Å². The quantitative estimate of drug-likeness (QED) is 0.666. The summed E-state index contributed by atoms with van der Waals surface area (Å²) < 4.78 is 10.1. The van der Waals surface area contributed by atoms with E-state index in [4.69, 9.17) is 9.47 Å². The van der Waals surface area contributed by atoms with E-state index in [1.54, 1.807) is 6.92 Å². The van der Waals surface area contributed by atoms with Gasteiger partial charge >= 0.3 is 11.9 Å². The smallest absolute Gasteiger partial charge is 0.336 e. The summed E-state index contributed by atoms with van der Waals surface area (Å²) >= 11 is 0. The number of hydrogen-bond donors (Lipinski definition) is 2. The summed E-state index contributed by atoms with van der Waals surface area (Å²) in [6.45, 7) is 2.18. The number of ether oxygens (including phenoxy) is 2. The SMILES string of the molecule is COC(=O)C1=C(NCCc2ccccc2)C[C@@](C)(O)[C@@H](C(=O)OC)[C@@H]1c1ccccc1. The fourth-order valence-corrected chi connectivity index (χ4v) is 4.33. The minimum Gasteiger partial charge on any atom is -0.469 e. The molecule has 0 saturated carbocycles. The van der Waals surface area contributed by atoms with Crippen molar-refractivity contribution in [2.24, 2.45) is 5.92 Å². The molecule has 31 heavy (non-hydrogen) atoms. The Hall–Kier alpha value is -3.12. The Morgan fingerprint density at radius 3 is 2.23 bits per heavy atom. The summed E-state index contributed by atoms with van der Waals surface area (Å²) in [6.07, 6.45) is 0.854. The van der Waals surface area contributed by atoms with Crippen LogP contribution >= 0.6 is 0 Å². The van der Waals surface area contributed by atoms with Gasteiger partial charge in [0.25, 0.3) is 0 Å². The van der Waals surface area contributed by atoms with Crippen molar-refractivity contribution in [2.75, 3.05) is 20.8 Å². The van der Waals surface area contributed by atoms with Crippen LogP contribution in [0.1, 0.15) is 30.4 Å². The number of aliphatic hydroxyl groups is 1. The third kappa shape index (κ3) is 4.97. The summed E-state index contributed by atoms with van der Waals surface area (Å²) in [5, 5.41) is 14.6. The molecule has 6 nitrogen and oxygen atoms in total. The standard InChI is InChI=1S/C25H29NO5/c1-25(29)16-19(26-15-14-17-10-6-4-7-11-17)21(23(27)30-2)20(22(25)24(28)31-3)18-12-8-5-9-13-18/h4-13,20,22,26,29H,14-16H2,1-3H3/t20-,22-,25-/m1/s1. The fourth-order valence-electron chi connectivity index (χ4n) is 4.33. The van der Waals surface area contributed by atoms with Crippen LogP contribution in [0.2, 0.25) is 0 Å². The van der Waals surface area contributed by atoms with Crippen molar-refractivity contribution in [3.05, 3.63) is 83.1 Å². The number of methoxy groups -OCH3 is 2. The lowest BCUT2D eigenvalue weighted by atomic mass is 9.66. The molecule has 3 atom stereocenters. The van der Waals surface area contributed by atoms with E-state index in [1.807, 2.05) is 60.7 Å². The van der Waals surface area contributed by atoms with E-state index in [2.05, 4.69) is 5.32 Å². The van der Waals surface area contributed by atoms with Gasteiger partial charge in [-0.3, -0.25) is 4.79 Å². The lowest BCUT2D eigenvalue weighted by Gasteiger charge is -2.42. The lowest BCUT2D eigenvalue weighted by Crippen LogP contribution is -2.50. The first-order valence-corrected chi connectivity index (χ1v) is 10.3. The van der Waals surface area contributed by atoms with E-state index in [9.17, 15) is 14.7 Å². The highest BCUT2D eigenvalue weighted by Gasteiger charge is 2.52. The molecule has 0 fully saturated rings. The van der Waals surface area contributed by atoms with Crippen molar-refractivity contribution in [2.45, 2.75) is 31.3 Å². The van der Waals surface area contributed by atoms with Crippen LogP contribution in [-0.2, 0) is 25.5 Å². The van der Waals surface area contributed by atoms with Gasteiger partial charge in [0.05, 0.1) is 31.3 Å². The zero-order valence-electron chi connectivity index (χ0n) is 18.1. The van der Waals surface area contributed by atoms with Crippen LogP contribution in [0, 0.1) is 5.92 Å². The number of hydrogen-bond acceptors (Lipinski definition) is 6. The van der Waals surface area contributed by atoms with Gasteiger partial charge in [-0.1, -0.05) is 60.7 Å². The molecule has 2 aromatic rings. The van der Waals surface area contributed by atoms with Crippen molar-refractivity contribution < 1.29 is 24.2 Å². The molecule has 0 heterocycles. The maximum absolute atomic E-state index is 12.9. The number of nitrogens with one attached hydrogen (secondary N) is 1. The molecule has 0 aliphatic heterocycles. The molecule has 1 aliphatic carbocycles. The highest BCUT2D eigenvalue weighted by atomic mass is 16.5. The van der Waals surface area contributed by atoms with Crippen LogP contribution in [-0.4, -0.2) is 43.4 Å². The summed E-state index contributed by atoms with van der Waals surface area (Å²) in [7, 11) is 2.61. The molecule has 0 saturated heterocycles. The Balaban J connectivity index is 2.04. The van der Waals surface area contributed by atoms with Crippen LogP contribution in [0.15, 0.2) is 71.9 Å². The second-order valence-corrected chi connectivity index (χ2v) is 7.97. The van der Waals surface area contributed by atoms with Gasteiger partial charge in [-0.2, -0.15) is 0 Å². The van der Waals surface area contributed by atoms with Crippen molar-refractivity contribution in [3.8, 4) is 0 Å². The van der Waals surface area contributed by atoms with Crippen molar-refractivity contribution >= 4 is 11.9 Å². The minimum absolute atomic E-state index is 0.106. The molecule has 0 amide bonds. The molecule has 2 N–H and O–H groups in total. The molecule has 0 unspecified atom stereocenters. The van der Waals surface area contributed by atoms with Gasteiger partial charge in [-0.05, 0) is 24.5 Å². The predicted molar refractivity (Wildman–Crippen MR) is 117 cm³/mol. The number of rotatable bonds is 7. The highest BCUT2D eigenvalue weighted by Crippen LogP contribution is 2.47. The second kappa shape index (κ2) is 9.79. The van der Waals surface area contributed by atoms with Crippen molar-refractivity contribution in [1.29, 1.82) is 0 Å². The average molecular weight is 424 g/mol. The van der Waals surface area contributed by atoms with E-state index in [0.717, 1.165) is 17.5 Å². The van der Waals surface area contributed by atoms with E-state index in [0.29, 0.717) is 17.8 Å². The Morgan fingerprint density at radius 2 is 1.65 bits per heavy atom. The minimum atomic E-state index is -1.42. The van der Waals surface area contributed by atoms with Crippen LogP contribution in [0.4, 0.5) is 0 Å². The Morgan fingerprint density at radius 1 is 1.03 bits per heavy atom. The summed E-state index contributed by atoms with van der Waals surface area (Å²) in [4.78, 5) is 25.7. The normalized spacial score (nSPS) is 23.2. The van der Waals surface area contributed by atoms with Crippen molar-refractivity contribution in [1.82, 2.24) is 5.32 Å². The summed E-state index contributed by atoms with van der Waals surface area (Å²) in [6, 6.07) is 19.2. The number of carbonyl (C=O) groups is 2. The van der Waals surface area contributed by atoms with Gasteiger partial charge < -0.3 is 19.9 Å². The lowest BCUT2D eigenvalue weighted by molar-refractivity contribution is -0.157. The molecule has 3 rings (SSSR count). The first-order valence-electron chi connectivity index (χ1n) is 10.3. The zero-order chi connectivity index (χ0) is 22.4. The molecular weight excluding hydrogens is 394 g/mol. The largest absolute Gasteiger partial charge is 0.469 e. The summed E-state index contributed by atoms with van der Waals surface area (Å²) in [5.74, 6) is -2.75. The number of benzene rings is 2. The molecule has 164 valence electrons. The van der Waals surface area contributed by atoms with E-state index in [1.165, 1.54) is 14.2 Å². The van der Waals surface area contributed by atoms with E-state index < -0.39 is 29.4 Å². The third-order valence-electron chi connectivity index (χ3n) is 5.79. The Bertz CT molecular complexity index is 937. The van der Waals surface area contributed by atoms with Crippen LogP contribution in [0.25, 0.3) is 0 Å². The monoisotopic (exact) mass is 423 g/mol. The average Bonchev–Trinajstić information content (AvgIpc) is 2.78. The Kier molecular flexibility index (Phi) is 7.13. The van der Waals surface area contributed by atoms with Crippen molar-refractivity contribution in [3.63, 3.8) is 0 Å². The molecule has 0 spiro atoms. The maximum Gasteiger partial charge on any atom is 0.336 e. The highest BCUT2D eigenvalue weighted by molar-refractivity contribution is 5.93. The molecule has 0 radical (unpaired) electrons. The van der Waals surface area contributed by atoms with Gasteiger partial charge in [0, 0.05) is 24.6 Å². The van der Waals surface area contributed by atoms with Gasteiger partial charge in [0.15, 0.2) is 0 Å². The second-order valence-electron chi connectivity index (χ2n) is 7.97. The predicted octanol–water partition coefficient (Wildman–Crippen LogP) is 2.97.